The van der Waals surface area contributed by atoms with E-state index in [1.807, 2.05) is 16.5 Å². The molecular weight excluding hydrogens is 310 g/mol. The maximum Gasteiger partial charge on any atom is 0.317 e. The molecule has 134 valence electrons. The molecule has 8 heteroatoms. The van der Waals surface area contributed by atoms with Crippen LogP contribution in [-0.2, 0) is 21.6 Å². The fourth-order valence-corrected chi connectivity index (χ4v) is 3.40. The number of ether oxygens (including phenoxy) is 2. The molecule has 2 aliphatic rings. The van der Waals surface area contributed by atoms with Gasteiger partial charge in [-0.3, -0.25) is 0 Å². The van der Waals surface area contributed by atoms with Crippen molar-refractivity contribution in [3.05, 3.63) is 12.2 Å². The van der Waals surface area contributed by atoms with Crippen LogP contribution < -0.4 is 5.32 Å². The molecule has 0 radical (unpaired) electrons. The Hall–Kier alpha value is -1.67. The highest BCUT2D eigenvalue weighted by molar-refractivity contribution is 5.74. The number of amides is 2. The molecule has 3 rings (SSSR count). The second kappa shape index (κ2) is 6.33. The van der Waals surface area contributed by atoms with Gasteiger partial charge in [-0.05, 0) is 27.7 Å². The van der Waals surface area contributed by atoms with Crippen LogP contribution in [0.15, 0.2) is 6.33 Å². The van der Waals surface area contributed by atoms with Crippen molar-refractivity contribution in [2.45, 2.75) is 57.9 Å². The van der Waals surface area contributed by atoms with Gasteiger partial charge in [-0.2, -0.15) is 5.10 Å². The Balaban J connectivity index is 1.62. The first-order valence-electron chi connectivity index (χ1n) is 8.47. The Morgan fingerprint density at radius 1 is 1.50 bits per heavy atom. The molecule has 0 bridgehead atoms. The number of hydrogen-bond donors (Lipinski definition) is 1. The zero-order valence-electron chi connectivity index (χ0n) is 14.9. The quantitative estimate of drug-likeness (QED) is 0.875. The number of morpholine rings is 1. The molecule has 24 heavy (non-hydrogen) atoms. The molecule has 1 aromatic rings. The fourth-order valence-electron chi connectivity index (χ4n) is 3.40. The first kappa shape index (κ1) is 17.2. The summed E-state index contributed by atoms with van der Waals surface area (Å²) in [7, 11) is 0. The number of nitrogens with one attached hydrogen (secondary N) is 1. The average Bonchev–Trinajstić information content (AvgIpc) is 3.13. The van der Waals surface area contributed by atoms with Crippen LogP contribution in [0.3, 0.4) is 0 Å². The monoisotopic (exact) mass is 337 g/mol. The minimum atomic E-state index is -0.347. The summed E-state index contributed by atoms with van der Waals surface area (Å²) in [5.74, 6) is 0.746. The molecule has 1 aromatic heterocycles. The lowest BCUT2D eigenvalue weighted by Crippen LogP contribution is -2.58. The van der Waals surface area contributed by atoms with Gasteiger partial charge in [0.25, 0.3) is 0 Å². The van der Waals surface area contributed by atoms with E-state index in [1.165, 1.54) is 6.33 Å². The van der Waals surface area contributed by atoms with Crippen LogP contribution in [0.2, 0.25) is 0 Å². The third-order valence-electron chi connectivity index (χ3n) is 4.41. The van der Waals surface area contributed by atoms with E-state index < -0.39 is 0 Å². The smallest absolute Gasteiger partial charge is 0.317 e. The number of aromatic nitrogens is 3. The van der Waals surface area contributed by atoms with E-state index in [-0.39, 0.29) is 23.3 Å². The number of nitrogens with zero attached hydrogens (tertiary/aromatic N) is 4. The molecule has 2 aliphatic heterocycles. The van der Waals surface area contributed by atoms with Crippen molar-refractivity contribution in [1.29, 1.82) is 0 Å². The molecule has 8 nitrogen and oxygen atoms in total. The number of carbonyl (C=O) groups excluding carboxylic acids is 1. The van der Waals surface area contributed by atoms with Crippen molar-refractivity contribution >= 4 is 6.03 Å². The molecule has 2 atom stereocenters. The minimum absolute atomic E-state index is 0.00410. The van der Waals surface area contributed by atoms with Crippen LogP contribution in [0.25, 0.3) is 0 Å². The standard InChI is InChI=1S/C16H27N5O3/c1-12-8-20(9-16(24-12)5-6-23-10-16)14(22)17-7-13-18-11-19-21(13)15(2,3)4/h11-12H,5-10H2,1-4H3,(H,17,22). The summed E-state index contributed by atoms with van der Waals surface area (Å²) in [4.78, 5) is 18.7. The summed E-state index contributed by atoms with van der Waals surface area (Å²) >= 11 is 0. The zero-order valence-corrected chi connectivity index (χ0v) is 14.9. The van der Waals surface area contributed by atoms with Gasteiger partial charge in [0.2, 0.25) is 0 Å². The van der Waals surface area contributed by atoms with Crippen LogP contribution in [0.1, 0.15) is 39.9 Å². The van der Waals surface area contributed by atoms with E-state index in [4.69, 9.17) is 9.47 Å². The van der Waals surface area contributed by atoms with Gasteiger partial charge in [0.05, 0.1) is 31.3 Å². The van der Waals surface area contributed by atoms with Crippen molar-refractivity contribution in [3.63, 3.8) is 0 Å². The van der Waals surface area contributed by atoms with Crippen LogP contribution >= 0.6 is 0 Å². The molecule has 2 saturated heterocycles. The van der Waals surface area contributed by atoms with E-state index in [9.17, 15) is 4.79 Å². The fraction of sp³-hybridized carbons (Fsp3) is 0.812. The predicted molar refractivity (Wildman–Crippen MR) is 87.5 cm³/mol. The summed E-state index contributed by atoms with van der Waals surface area (Å²) in [5, 5.41) is 7.21. The largest absolute Gasteiger partial charge is 0.378 e. The Kier molecular flexibility index (Phi) is 4.52. The highest BCUT2D eigenvalue weighted by Crippen LogP contribution is 2.30. The first-order chi connectivity index (χ1) is 11.3. The number of rotatable bonds is 2. The first-order valence-corrected chi connectivity index (χ1v) is 8.47. The maximum absolute atomic E-state index is 12.6. The Morgan fingerprint density at radius 3 is 2.96 bits per heavy atom. The van der Waals surface area contributed by atoms with Crippen molar-refractivity contribution < 1.29 is 14.3 Å². The Morgan fingerprint density at radius 2 is 2.29 bits per heavy atom. The van der Waals surface area contributed by atoms with Crippen molar-refractivity contribution in [2.24, 2.45) is 0 Å². The minimum Gasteiger partial charge on any atom is -0.378 e. The van der Waals surface area contributed by atoms with Crippen LogP contribution in [0.4, 0.5) is 4.79 Å². The molecule has 2 fully saturated rings. The lowest BCUT2D eigenvalue weighted by molar-refractivity contribution is -0.137. The lowest BCUT2D eigenvalue weighted by atomic mass is 9.99. The van der Waals surface area contributed by atoms with Gasteiger partial charge in [0.15, 0.2) is 0 Å². The Bertz CT molecular complexity index is 589. The van der Waals surface area contributed by atoms with Crippen molar-refractivity contribution in [2.75, 3.05) is 26.3 Å². The third kappa shape index (κ3) is 3.54. The zero-order chi connectivity index (χ0) is 17.4. The van der Waals surface area contributed by atoms with E-state index >= 15 is 0 Å². The van der Waals surface area contributed by atoms with Gasteiger partial charge in [0.1, 0.15) is 17.8 Å². The van der Waals surface area contributed by atoms with Gasteiger partial charge in [-0.25, -0.2) is 14.5 Å². The summed E-state index contributed by atoms with van der Waals surface area (Å²) < 4.78 is 13.4. The van der Waals surface area contributed by atoms with Gasteiger partial charge in [-0.1, -0.05) is 0 Å². The van der Waals surface area contributed by atoms with Gasteiger partial charge in [-0.15, -0.1) is 0 Å². The highest BCUT2D eigenvalue weighted by atomic mass is 16.6. The van der Waals surface area contributed by atoms with Crippen LogP contribution in [0, 0.1) is 0 Å². The van der Waals surface area contributed by atoms with Crippen molar-refractivity contribution in [3.8, 4) is 0 Å². The molecule has 3 heterocycles. The third-order valence-corrected chi connectivity index (χ3v) is 4.41. The van der Waals surface area contributed by atoms with E-state index in [0.717, 1.165) is 12.2 Å². The number of hydrogen-bond acceptors (Lipinski definition) is 5. The van der Waals surface area contributed by atoms with Gasteiger partial charge >= 0.3 is 6.03 Å². The average molecular weight is 337 g/mol. The summed E-state index contributed by atoms with van der Waals surface area (Å²) in [6.07, 6.45) is 2.36. The van der Waals surface area contributed by atoms with Crippen LogP contribution in [0.5, 0.6) is 0 Å². The molecular formula is C16H27N5O3. The SMILES string of the molecule is CC1CN(C(=O)NCc2ncnn2C(C)(C)C)CC2(CCOC2)O1. The topological polar surface area (TPSA) is 81.5 Å². The van der Waals surface area contributed by atoms with E-state index in [2.05, 4.69) is 36.2 Å². The lowest BCUT2D eigenvalue weighted by Gasteiger charge is -2.42. The molecule has 2 amide bonds. The maximum atomic E-state index is 12.6. The number of carbonyl (C=O) groups is 1. The molecule has 1 N–H and O–H groups in total. The Labute approximate surface area is 142 Å². The van der Waals surface area contributed by atoms with Gasteiger partial charge < -0.3 is 19.7 Å². The second-order valence-electron chi connectivity index (χ2n) is 7.71. The summed E-state index contributed by atoms with van der Waals surface area (Å²) in [6, 6.07) is -0.0973. The summed E-state index contributed by atoms with van der Waals surface area (Å²) in [5.41, 5.74) is -0.518. The molecule has 0 aliphatic carbocycles. The molecule has 0 saturated carbocycles. The number of urea groups is 1. The summed E-state index contributed by atoms with van der Waals surface area (Å²) in [6.45, 7) is 10.9. The molecule has 0 aromatic carbocycles. The van der Waals surface area contributed by atoms with Crippen molar-refractivity contribution in [1.82, 2.24) is 25.0 Å². The van der Waals surface area contributed by atoms with Gasteiger partial charge in [0, 0.05) is 19.6 Å². The normalized spacial score (nSPS) is 27.7. The highest BCUT2D eigenvalue weighted by Gasteiger charge is 2.44. The van der Waals surface area contributed by atoms with Crippen LogP contribution in [-0.4, -0.2) is 63.7 Å². The second-order valence-corrected chi connectivity index (χ2v) is 7.71. The van der Waals surface area contributed by atoms with E-state index in [1.54, 1.807) is 0 Å². The molecule has 2 unspecified atom stereocenters. The molecule has 1 spiro atoms. The predicted octanol–water partition coefficient (Wildman–Crippen LogP) is 1.12. The van der Waals surface area contributed by atoms with E-state index in [0.29, 0.717) is 32.8 Å².